The van der Waals surface area contributed by atoms with Crippen molar-refractivity contribution in [3.63, 3.8) is 0 Å². The van der Waals surface area contributed by atoms with Gasteiger partial charge in [0.15, 0.2) is 0 Å². The van der Waals surface area contributed by atoms with E-state index in [0.29, 0.717) is 11.4 Å². The molecule has 312 valence electrons. The van der Waals surface area contributed by atoms with E-state index in [1.54, 1.807) is 6.07 Å². The summed E-state index contributed by atoms with van der Waals surface area (Å²) in [6, 6.07) is 71.1. The van der Waals surface area contributed by atoms with E-state index in [2.05, 4.69) is 200 Å². The molecule has 11 aromatic rings. The van der Waals surface area contributed by atoms with Crippen LogP contribution in [0.5, 0.6) is 5.75 Å². The van der Waals surface area contributed by atoms with Crippen LogP contribution in [-0.2, 0) is 26.5 Å². The number of para-hydroxylation sites is 4. The van der Waals surface area contributed by atoms with Gasteiger partial charge in [-0.1, -0.05) is 165 Å². The van der Waals surface area contributed by atoms with Gasteiger partial charge < -0.3 is 9.67 Å². The number of aromatic nitrogens is 4. The predicted octanol–water partition coefficient (Wildman–Crippen LogP) is 14.7. The second-order valence-corrected chi connectivity index (χ2v) is 17.1. The predicted molar refractivity (Wildman–Crippen MR) is 260 cm³/mol. The summed E-state index contributed by atoms with van der Waals surface area (Å²) in [5, 5.41) is 13.8. The van der Waals surface area contributed by atoms with Crippen LogP contribution < -0.4 is 0 Å². The molecule has 11 rings (SSSR count). The molecule has 0 aliphatic heterocycles. The van der Waals surface area contributed by atoms with Crippen molar-refractivity contribution in [2.45, 2.75) is 26.2 Å². The Morgan fingerprint density at radius 1 is 0.516 bits per heavy atom. The van der Waals surface area contributed by atoms with Crippen LogP contribution in [0, 0.1) is 6.07 Å². The molecule has 0 atom stereocenters. The van der Waals surface area contributed by atoms with E-state index >= 15 is 0 Å². The molecule has 0 saturated carbocycles. The van der Waals surface area contributed by atoms with E-state index in [1.807, 2.05) is 30.5 Å². The second-order valence-electron chi connectivity index (χ2n) is 17.1. The van der Waals surface area contributed by atoms with E-state index < -0.39 is 0 Å². The molecule has 0 radical (unpaired) electrons. The molecule has 0 aliphatic carbocycles. The van der Waals surface area contributed by atoms with Crippen LogP contribution in [0.2, 0.25) is 0 Å². The molecule has 0 amide bonds. The maximum Gasteiger partial charge on any atom is 0.148 e. The third kappa shape index (κ3) is 7.03. The zero-order chi connectivity index (χ0) is 42.7. The van der Waals surface area contributed by atoms with Crippen LogP contribution in [0.4, 0.5) is 0 Å². The molecule has 3 aromatic heterocycles. The van der Waals surface area contributed by atoms with Crippen molar-refractivity contribution in [1.29, 1.82) is 0 Å². The summed E-state index contributed by atoms with van der Waals surface area (Å²) in [6.07, 6.45) is 1.92. The molecule has 0 aliphatic rings. The summed E-state index contributed by atoms with van der Waals surface area (Å²) >= 11 is 0. The van der Waals surface area contributed by atoms with E-state index in [0.717, 1.165) is 88.9 Å². The zero-order valence-electron chi connectivity index (χ0n) is 35.6. The maximum absolute atomic E-state index is 11.5. The Morgan fingerprint density at radius 3 is 1.91 bits per heavy atom. The van der Waals surface area contributed by atoms with Gasteiger partial charge in [0.25, 0.3) is 0 Å². The Labute approximate surface area is 387 Å². The summed E-state index contributed by atoms with van der Waals surface area (Å²) in [5.41, 5.74) is 15.5. The topological polar surface area (TPSA) is 55.9 Å². The summed E-state index contributed by atoms with van der Waals surface area (Å²) in [4.78, 5) is 10.7. The molecule has 1 N–H and O–H groups in total. The Kier molecular flexibility index (Phi) is 10.4. The number of imidazole rings is 1. The van der Waals surface area contributed by atoms with Gasteiger partial charge in [-0.2, -0.15) is 0 Å². The first-order chi connectivity index (χ1) is 30.8. The summed E-state index contributed by atoms with van der Waals surface area (Å²) in [5.74, 6) is 0.811. The van der Waals surface area contributed by atoms with Crippen LogP contribution in [0.1, 0.15) is 26.3 Å². The normalized spacial score (nSPS) is 11.6. The first kappa shape index (κ1) is 40.7. The fraction of sp³-hybridized carbons (Fsp3) is 0.0690. The number of fused-ring (bicyclic) bond motifs is 4. The standard InChI is InChI=1S/C58H43N4O.Pt/c1-58(2,3)43-30-31-51(49(37-43)39-20-9-5-10-21-39)62-52-28-17-26-45(55(52)60-57(62)48-25-14-16-29-53(48)63)41-34-40(38-18-7-4-8-19-38)35-42(36-41)54-56-47(32-33-59-54)46-24-13-15-27-50(46)61(56)44-22-11-6-12-23-44;/h4-35,37,63H,1-3H3;/q-1;. The largest absolute Gasteiger partial charge is 0.507 e. The first-order valence-corrected chi connectivity index (χ1v) is 21.4. The van der Waals surface area contributed by atoms with Gasteiger partial charge in [-0.25, -0.2) is 4.98 Å². The fourth-order valence-corrected chi connectivity index (χ4v) is 9.05. The van der Waals surface area contributed by atoms with Gasteiger partial charge in [-0.15, -0.1) is 23.8 Å². The van der Waals surface area contributed by atoms with Crippen molar-refractivity contribution >= 4 is 32.8 Å². The van der Waals surface area contributed by atoms with E-state index in [-0.39, 0.29) is 32.2 Å². The van der Waals surface area contributed by atoms with E-state index in [4.69, 9.17) is 9.97 Å². The molecule has 0 spiro atoms. The van der Waals surface area contributed by atoms with Crippen molar-refractivity contribution in [3.05, 3.63) is 212 Å². The quantitative estimate of drug-likeness (QED) is 0.162. The first-order valence-electron chi connectivity index (χ1n) is 21.4. The number of hydrogen-bond donors (Lipinski definition) is 1. The summed E-state index contributed by atoms with van der Waals surface area (Å²) in [7, 11) is 0. The van der Waals surface area contributed by atoms with Crippen LogP contribution in [0.25, 0.3) is 100 Å². The van der Waals surface area contributed by atoms with Crippen molar-refractivity contribution in [2.75, 3.05) is 0 Å². The summed E-state index contributed by atoms with van der Waals surface area (Å²) in [6.45, 7) is 6.73. The Bertz CT molecular complexity index is 3490. The Balaban J connectivity index is 0.00000484. The van der Waals surface area contributed by atoms with Crippen molar-refractivity contribution < 1.29 is 26.2 Å². The van der Waals surface area contributed by atoms with Crippen molar-refractivity contribution in [2.24, 2.45) is 0 Å². The van der Waals surface area contributed by atoms with Crippen LogP contribution in [-0.4, -0.2) is 24.2 Å². The number of nitrogens with zero attached hydrogens (tertiary/aromatic N) is 4. The molecular weight excluding hydrogens is 964 g/mol. The molecule has 0 unspecified atom stereocenters. The van der Waals surface area contributed by atoms with Gasteiger partial charge in [0.1, 0.15) is 11.6 Å². The molecule has 8 aromatic carbocycles. The average molecular weight is 1010 g/mol. The zero-order valence-corrected chi connectivity index (χ0v) is 37.9. The molecule has 0 fully saturated rings. The Hall–Kier alpha value is -7.33. The molecule has 3 heterocycles. The van der Waals surface area contributed by atoms with Crippen LogP contribution >= 0.6 is 0 Å². The number of phenols is 1. The molecule has 5 nitrogen and oxygen atoms in total. The maximum atomic E-state index is 11.5. The van der Waals surface area contributed by atoms with Gasteiger partial charge in [-0.05, 0) is 76.7 Å². The van der Waals surface area contributed by atoms with Gasteiger partial charge in [-0.3, -0.25) is 9.55 Å². The molecule has 64 heavy (non-hydrogen) atoms. The summed E-state index contributed by atoms with van der Waals surface area (Å²) < 4.78 is 4.54. The number of phenolic OH excluding ortho intramolecular Hbond substituents is 1. The molecule has 6 heteroatoms. The Morgan fingerprint density at radius 2 is 1.16 bits per heavy atom. The SMILES string of the molecule is CC(C)(C)c1ccc(-n2c(-c3ccccc3O)nc3c(-c4[c-]c(-c5nccc6c7ccccc7n(-c7ccccc7)c56)cc(-c5ccccc5)c4)cccc32)c(-c2ccccc2)c1.[Pt]. The van der Waals surface area contributed by atoms with Crippen molar-refractivity contribution in [3.8, 4) is 73.2 Å². The molecule has 0 saturated heterocycles. The molecular formula is C58H43N4OPt-. The average Bonchev–Trinajstić information content (AvgIpc) is 3.88. The monoisotopic (exact) mass is 1010 g/mol. The third-order valence-corrected chi connectivity index (χ3v) is 12.1. The number of aromatic hydroxyl groups is 1. The molecule has 0 bridgehead atoms. The third-order valence-electron chi connectivity index (χ3n) is 12.1. The minimum absolute atomic E-state index is 0. The number of pyridine rings is 1. The van der Waals surface area contributed by atoms with E-state index in [9.17, 15) is 5.11 Å². The second kappa shape index (κ2) is 16.4. The van der Waals surface area contributed by atoms with Crippen LogP contribution in [0.3, 0.4) is 0 Å². The number of benzene rings is 8. The fourth-order valence-electron chi connectivity index (χ4n) is 9.05. The van der Waals surface area contributed by atoms with Crippen molar-refractivity contribution in [1.82, 2.24) is 19.1 Å². The number of rotatable bonds is 7. The number of hydrogen-bond acceptors (Lipinski definition) is 3. The smallest absolute Gasteiger partial charge is 0.148 e. The van der Waals surface area contributed by atoms with Gasteiger partial charge in [0, 0.05) is 60.5 Å². The van der Waals surface area contributed by atoms with Crippen LogP contribution in [0.15, 0.2) is 200 Å². The van der Waals surface area contributed by atoms with Gasteiger partial charge in [0.2, 0.25) is 0 Å². The van der Waals surface area contributed by atoms with E-state index in [1.165, 1.54) is 5.56 Å². The van der Waals surface area contributed by atoms with Gasteiger partial charge in [0.05, 0.1) is 27.8 Å². The minimum Gasteiger partial charge on any atom is -0.507 e. The van der Waals surface area contributed by atoms with Gasteiger partial charge >= 0.3 is 0 Å². The minimum atomic E-state index is -0.0707.